The van der Waals surface area contributed by atoms with Gasteiger partial charge in [-0.2, -0.15) is 0 Å². The summed E-state index contributed by atoms with van der Waals surface area (Å²) in [5.74, 6) is 0. The van der Waals surface area contributed by atoms with E-state index in [0.29, 0.717) is 33.9 Å². The maximum absolute atomic E-state index is 13.2. The summed E-state index contributed by atoms with van der Waals surface area (Å²) in [7, 11) is 5.60. The minimum Gasteiger partial charge on any atom is -0.378 e. The van der Waals surface area contributed by atoms with Crippen LogP contribution in [0.3, 0.4) is 0 Å². The number of H-pyrrole nitrogens is 1. The number of ether oxygens (including phenoxy) is 1. The summed E-state index contributed by atoms with van der Waals surface area (Å²) in [5, 5.41) is 3.84. The second kappa shape index (κ2) is 8.45. The number of fused-ring (bicyclic) bond motifs is 1. The van der Waals surface area contributed by atoms with Crippen molar-refractivity contribution >= 4 is 28.2 Å². The van der Waals surface area contributed by atoms with Crippen molar-refractivity contribution in [3.8, 4) is 5.69 Å². The number of hydrogen-bond donors (Lipinski definition) is 1. The molecule has 4 rings (SSSR count). The summed E-state index contributed by atoms with van der Waals surface area (Å²) < 4.78 is 8.72. The maximum Gasteiger partial charge on any atom is 0.281 e. The molecule has 4 aromatic rings. The van der Waals surface area contributed by atoms with Crippen molar-refractivity contribution in [2.45, 2.75) is 13.2 Å². The second-order valence-corrected chi connectivity index (χ2v) is 7.95. The van der Waals surface area contributed by atoms with Gasteiger partial charge in [0.2, 0.25) is 0 Å². The van der Waals surface area contributed by atoms with E-state index in [9.17, 15) is 9.59 Å². The maximum atomic E-state index is 13.2. The first-order valence-corrected chi connectivity index (χ1v) is 10.2. The lowest BCUT2D eigenvalue weighted by Crippen LogP contribution is -2.22. The number of aromatic amines is 1. The highest BCUT2D eigenvalue weighted by Gasteiger charge is 2.17. The van der Waals surface area contributed by atoms with Crippen LogP contribution in [-0.4, -0.2) is 28.4 Å². The summed E-state index contributed by atoms with van der Waals surface area (Å²) in [6.07, 6.45) is 0. The van der Waals surface area contributed by atoms with Gasteiger partial charge in [0.05, 0.1) is 40.5 Å². The van der Waals surface area contributed by atoms with E-state index in [1.807, 2.05) is 43.3 Å². The zero-order valence-electron chi connectivity index (χ0n) is 17.6. The van der Waals surface area contributed by atoms with Crippen LogP contribution >= 0.6 is 11.6 Å². The molecule has 0 radical (unpaired) electrons. The molecule has 0 atom stereocenters. The van der Waals surface area contributed by atoms with Gasteiger partial charge >= 0.3 is 0 Å². The first-order valence-electron chi connectivity index (χ1n) is 9.79. The molecule has 0 saturated heterocycles. The molecule has 8 heteroatoms. The summed E-state index contributed by atoms with van der Waals surface area (Å²) in [6.45, 7) is 0.472. The molecule has 0 saturated carbocycles. The van der Waals surface area contributed by atoms with E-state index in [2.05, 4.69) is 5.10 Å². The fraction of sp³-hybridized carbons (Fsp3) is 0.217. The first kappa shape index (κ1) is 21.0. The number of pyridine rings is 1. The summed E-state index contributed by atoms with van der Waals surface area (Å²) in [5.41, 5.74) is 3.04. The number of para-hydroxylation sites is 1. The van der Waals surface area contributed by atoms with Gasteiger partial charge in [-0.1, -0.05) is 35.9 Å². The van der Waals surface area contributed by atoms with Crippen LogP contribution < -0.4 is 16.0 Å². The predicted molar refractivity (Wildman–Crippen MR) is 123 cm³/mol. The van der Waals surface area contributed by atoms with Crippen LogP contribution in [0.2, 0.25) is 5.02 Å². The molecule has 0 amide bonds. The first-order chi connectivity index (χ1) is 14.9. The van der Waals surface area contributed by atoms with Gasteiger partial charge in [0.1, 0.15) is 0 Å². The third-order valence-electron chi connectivity index (χ3n) is 5.24. The van der Waals surface area contributed by atoms with Gasteiger partial charge in [0, 0.05) is 32.9 Å². The Morgan fingerprint density at radius 2 is 1.81 bits per heavy atom. The normalized spacial score (nSPS) is 11.2. The number of rotatable bonds is 6. The molecule has 0 unspecified atom stereocenters. The fourth-order valence-electron chi connectivity index (χ4n) is 3.52. The number of nitrogens with zero attached hydrogens (tertiary/aromatic N) is 3. The Bertz CT molecular complexity index is 1370. The standard InChI is InChI=1S/C23H23ClN4O3/c1-26(2)16-8-6-7-15(11-16)13-31-14-20-22-18(12-21(29)27(20)3)25-28(23(22)30)19-10-5-4-9-17(19)24/h4-12,25H,13-14H2,1-3H3. The molecule has 0 aliphatic heterocycles. The average molecular weight is 439 g/mol. The zero-order valence-corrected chi connectivity index (χ0v) is 18.3. The molecule has 2 aromatic heterocycles. The third kappa shape index (κ3) is 4.02. The Labute approximate surface area is 184 Å². The van der Waals surface area contributed by atoms with Gasteiger partial charge in [-0.15, -0.1) is 0 Å². The van der Waals surface area contributed by atoms with E-state index in [0.717, 1.165) is 11.3 Å². The van der Waals surface area contributed by atoms with Crippen molar-refractivity contribution in [1.29, 1.82) is 0 Å². The van der Waals surface area contributed by atoms with Gasteiger partial charge in [-0.3, -0.25) is 14.7 Å². The van der Waals surface area contributed by atoms with Gasteiger partial charge in [-0.05, 0) is 29.8 Å². The molecule has 0 spiro atoms. The van der Waals surface area contributed by atoms with Crippen LogP contribution in [0.5, 0.6) is 0 Å². The van der Waals surface area contributed by atoms with E-state index in [4.69, 9.17) is 16.3 Å². The van der Waals surface area contributed by atoms with Crippen molar-refractivity contribution in [2.75, 3.05) is 19.0 Å². The number of aromatic nitrogens is 3. The SMILES string of the molecule is CN(C)c1cccc(COCc2c3c(=O)n(-c4ccccc4Cl)[nH]c3cc(=O)n2C)c1. The molecule has 0 bridgehead atoms. The van der Waals surface area contributed by atoms with Crippen molar-refractivity contribution in [1.82, 2.24) is 14.3 Å². The summed E-state index contributed by atoms with van der Waals surface area (Å²) >= 11 is 6.27. The molecule has 1 N–H and O–H groups in total. The van der Waals surface area contributed by atoms with Crippen LogP contribution in [0.15, 0.2) is 64.2 Å². The van der Waals surface area contributed by atoms with Crippen LogP contribution in [0, 0.1) is 0 Å². The van der Waals surface area contributed by atoms with Crippen LogP contribution in [0.4, 0.5) is 5.69 Å². The van der Waals surface area contributed by atoms with Gasteiger partial charge < -0.3 is 14.2 Å². The van der Waals surface area contributed by atoms with E-state index in [1.54, 1.807) is 31.3 Å². The Morgan fingerprint density at radius 1 is 1.03 bits per heavy atom. The molecular weight excluding hydrogens is 416 g/mol. The fourth-order valence-corrected chi connectivity index (χ4v) is 3.74. The molecule has 7 nitrogen and oxygen atoms in total. The summed E-state index contributed by atoms with van der Waals surface area (Å²) in [4.78, 5) is 27.7. The zero-order chi connectivity index (χ0) is 22.1. The molecule has 0 aliphatic carbocycles. The largest absolute Gasteiger partial charge is 0.378 e. The van der Waals surface area contributed by atoms with Crippen molar-refractivity contribution in [3.05, 3.63) is 91.6 Å². The van der Waals surface area contributed by atoms with Crippen molar-refractivity contribution in [2.24, 2.45) is 7.05 Å². The highest BCUT2D eigenvalue weighted by atomic mass is 35.5. The average Bonchev–Trinajstić information content (AvgIpc) is 3.07. The lowest BCUT2D eigenvalue weighted by Gasteiger charge is -2.14. The highest BCUT2D eigenvalue weighted by Crippen LogP contribution is 2.21. The number of nitrogens with one attached hydrogen (secondary N) is 1. The molecule has 31 heavy (non-hydrogen) atoms. The molecule has 0 fully saturated rings. The topological polar surface area (TPSA) is 72.3 Å². The lowest BCUT2D eigenvalue weighted by molar-refractivity contribution is 0.103. The molecule has 2 aromatic carbocycles. The van der Waals surface area contributed by atoms with Gasteiger partial charge in [-0.25, -0.2) is 4.68 Å². The molecule has 2 heterocycles. The second-order valence-electron chi connectivity index (χ2n) is 7.54. The highest BCUT2D eigenvalue weighted by molar-refractivity contribution is 6.32. The van der Waals surface area contributed by atoms with Crippen LogP contribution in [0.25, 0.3) is 16.6 Å². The van der Waals surface area contributed by atoms with E-state index in [-0.39, 0.29) is 17.7 Å². The van der Waals surface area contributed by atoms with Crippen molar-refractivity contribution < 1.29 is 4.74 Å². The molecule has 0 aliphatic rings. The van der Waals surface area contributed by atoms with Gasteiger partial charge in [0.15, 0.2) is 0 Å². The predicted octanol–water partition coefficient (Wildman–Crippen LogP) is 3.45. The molecular formula is C23H23ClN4O3. The Kier molecular flexibility index (Phi) is 5.71. The van der Waals surface area contributed by atoms with E-state index in [1.165, 1.54) is 15.3 Å². The lowest BCUT2D eigenvalue weighted by atomic mass is 10.2. The van der Waals surface area contributed by atoms with Crippen molar-refractivity contribution in [3.63, 3.8) is 0 Å². The summed E-state index contributed by atoms with van der Waals surface area (Å²) in [6, 6.07) is 16.5. The van der Waals surface area contributed by atoms with E-state index >= 15 is 0 Å². The Hall–Kier alpha value is -3.29. The van der Waals surface area contributed by atoms with Crippen LogP contribution in [-0.2, 0) is 25.0 Å². The minimum absolute atomic E-state index is 0.116. The number of hydrogen-bond acceptors (Lipinski definition) is 4. The number of benzene rings is 2. The van der Waals surface area contributed by atoms with Crippen LogP contribution in [0.1, 0.15) is 11.3 Å². The number of halogens is 1. The van der Waals surface area contributed by atoms with E-state index < -0.39 is 0 Å². The minimum atomic E-state index is -0.285. The Balaban J connectivity index is 1.70. The Morgan fingerprint density at radius 3 is 2.55 bits per heavy atom. The monoisotopic (exact) mass is 438 g/mol. The third-order valence-corrected chi connectivity index (χ3v) is 5.56. The van der Waals surface area contributed by atoms with Gasteiger partial charge in [0.25, 0.3) is 11.1 Å². The smallest absolute Gasteiger partial charge is 0.281 e. The quantitative estimate of drug-likeness (QED) is 0.500. The number of anilines is 1. The molecule has 160 valence electrons.